The molecule has 3 heterocycles. The Hall–Kier alpha value is -1.71. The summed E-state index contributed by atoms with van der Waals surface area (Å²) in [6, 6.07) is 8.33. The molecule has 2 N–H and O–H groups in total. The zero-order chi connectivity index (χ0) is 23.1. The zero-order valence-electron chi connectivity index (χ0n) is 20.1. The summed E-state index contributed by atoms with van der Waals surface area (Å²) in [6.07, 6.45) is 3.96. The van der Waals surface area contributed by atoms with Gasteiger partial charge in [0.15, 0.2) is 0 Å². The fourth-order valence-electron chi connectivity index (χ4n) is 4.42. The first-order chi connectivity index (χ1) is 15.1. The highest BCUT2D eigenvalue weighted by Gasteiger charge is 2.51. The van der Waals surface area contributed by atoms with Crippen molar-refractivity contribution >= 4 is 12.6 Å². The number of aromatic amines is 1. The number of nitrogens with zero attached hydrogens (tertiary/aromatic N) is 2. The summed E-state index contributed by atoms with van der Waals surface area (Å²) in [5.74, 6) is 0.900. The van der Waals surface area contributed by atoms with E-state index in [4.69, 9.17) is 14.0 Å². The summed E-state index contributed by atoms with van der Waals surface area (Å²) in [6.45, 7) is 11.1. The summed E-state index contributed by atoms with van der Waals surface area (Å²) < 4.78 is 17.6. The molecule has 2 saturated heterocycles. The Balaban J connectivity index is 1.46. The molecule has 2 aliphatic heterocycles. The second-order valence-electron chi connectivity index (χ2n) is 10.1. The van der Waals surface area contributed by atoms with Gasteiger partial charge in [-0.25, -0.2) is 4.98 Å². The zero-order valence-corrected chi connectivity index (χ0v) is 20.1. The van der Waals surface area contributed by atoms with E-state index < -0.39 is 6.23 Å². The minimum Gasteiger partial charge on any atom is -0.399 e. The number of rotatable bonds is 7. The van der Waals surface area contributed by atoms with Crippen LogP contribution < -0.4 is 5.46 Å². The number of methoxy groups -OCH3 is 1. The Morgan fingerprint density at radius 3 is 2.50 bits per heavy atom. The molecule has 1 unspecified atom stereocenters. The largest absolute Gasteiger partial charge is 0.494 e. The van der Waals surface area contributed by atoms with Gasteiger partial charge < -0.3 is 24.1 Å². The Labute approximate surface area is 191 Å². The molecule has 3 atom stereocenters. The van der Waals surface area contributed by atoms with Gasteiger partial charge in [-0.15, -0.1) is 0 Å². The third-order valence-electron chi connectivity index (χ3n) is 7.28. The Morgan fingerprint density at radius 2 is 1.88 bits per heavy atom. The van der Waals surface area contributed by atoms with Gasteiger partial charge in [-0.1, -0.05) is 24.3 Å². The molecule has 32 heavy (non-hydrogen) atoms. The standard InChI is InChI=1S/C24H36BN3O4/c1-16(30-6)14-21(29)28-13-7-8-20(28)22-26-15-19(27-22)17-9-11-18(12-10-17)25-31-23(2,3)24(4,5)32-25/h9-12,15-16,20-21,29H,7-8,13-14H2,1-6H3,(H,26,27)/t16-,20+,21?/m1/s1. The highest BCUT2D eigenvalue weighted by molar-refractivity contribution is 6.62. The predicted molar refractivity (Wildman–Crippen MR) is 126 cm³/mol. The molecule has 0 amide bonds. The Bertz CT molecular complexity index is 898. The van der Waals surface area contributed by atoms with Gasteiger partial charge in [0.25, 0.3) is 0 Å². The summed E-state index contributed by atoms with van der Waals surface area (Å²) in [5, 5.41) is 10.7. The highest BCUT2D eigenvalue weighted by Crippen LogP contribution is 2.37. The number of ether oxygens (including phenoxy) is 1. The van der Waals surface area contributed by atoms with E-state index in [1.165, 1.54) is 0 Å². The Kier molecular flexibility index (Phi) is 6.53. The number of hydrogen-bond acceptors (Lipinski definition) is 6. The van der Waals surface area contributed by atoms with Crippen LogP contribution in [0.5, 0.6) is 0 Å². The van der Waals surface area contributed by atoms with Crippen molar-refractivity contribution in [2.45, 2.75) is 83.5 Å². The molecule has 2 aromatic rings. The summed E-state index contributed by atoms with van der Waals surface area (Å²) in [4.78, 5) is 10.3. The maximum absolute atomic E-state index is 10.7. The van der Waals surface area contributed by atoms with Crippen molar-refractivity contribution < 1.29 is 19.2 Å². The topological polar surface area (TPSA) is 79.8 Å². The molecule has 0 aliphatic carbocycles. The van der Waals surface area contributed by atoms with Crippen molar-refractivity contribution in [1.29, 1.82) is 0 Å². The molecule has 2 fully saturated rings. The quantitative estimate of drug-likeness (QED) is 0.643. The van der Waals surface area contributed by atoms with Gasteiger partial charge in [0.05, 0.1) is 35.2 Å². The van der Waals surface area contributed by atoms with E-state index in [1.807, 2.05) is 13.1 Å². The third-order valence-corrected chi connectivity index (χ3v) is 7.28. The van der Waals surface area contributed by atoms with Gasteiger partial charge >= 0.3 is 7.12 Å². The fourth-order valence-corrected chi connectivity index (χ4v) is 4.42. The van der Waals surface area contributed by atoms with E-state index in [1.54, 1.807) is 7.11 Å². The van der Waals surface area contributed by atoms with E-state index in [-0.39, 0.29) is 30.5 Å². The lowest BCUT2D eigenvalue weighted by molar-refractivity contribution is -0.0445. The first kappa shape index (κ1) is 23.5. The summed E-state index contributed by atoms with van der Waals surface area (Å²) >= 11 is 0. The molecule has 174 valence electrons. The number of aliphatic hydroxyl groups excluding tert-OH is 1. The van der Waals surface area contributed by atoms with E-state index in [2.05, 4.69) is 66.8 Å². The van der Waals surface area contributed by atoms with Crippen LogP contribution in [0.3, 0.4) is 0 Å². The second kappa shape index (κ2) is 8.91. The molecule has 2 aliphatic rings. The van der Waals surface area contributed by atoms with Crippen LogP contribution in [0.1, 0.15) is 65.7 Å². The SMILES string of the molecule is CO[C@H](C)CC(O)N1CCC[C@H]1c1ncc(-c2ccc(B3OC(C)(C)C(C)(C)O3)cc2)[nH]1. The van der Waals surface area contributed by atoms with Gasteiger partial charge in [0.1, 0.15) is 12.1 Å². The van der Waals surface area contributed by atoms with Gasteiger partial charge in [-0.2, -0.15) is 0 Å². The first-order valence-electron chi connectivity index (χ1n) is 11.6. The van der Waals surface area contributed by atoms with Crippen LogP contribution in [0.25, 0.3) is 11.3 Å². The van der Waals surface area contributed by atoms with Crippen LogP contribution in [-0.2, 0) is 14.0 Å². The van der Waals surface area contributed by atoms with E-state index in [9.17, 15) is 5.11 Å². The minimum absolute atomic E-state index is 0.0147. The lowest BCUT2D eigenvalue weighted by atomic mass is 9.79. The molecule has 1 aromatic carbocycles. The fraction of sp³-hybridized carbons (Fsp3) is 0.625. The molecular weight excluding hydrogens is 405 g/mol. The number of aliphatic hydroxyl groups is 1. The normalized spacial score (nSPS) is 24.7. The Morgan fingerprint density at radius 1 is 1.22 bits per heavy atom. The van der Waals surface area contributed by atoms with Crippen LogP contribution in [0.15, 0.2) is 30.5 Å². The van der Waals surface area contributed by atoms with Crippen molar-refractivity contribution in [3.05, 3.63) is 36.3 Å². The minimum atomic E-state index is -0.537. The number of imidazole rings is 1. The van der Waals surface area contributed by atoms with Crippen molar-refractivity contribution in [3.63, 3.8) is 0 Å². The van der Waals surface area contributed by atoms with Crippen LogP contribution in [0, 0.1) is 0 Å². The maximum atomic E-state index is 10.7. The van der Waals surface area contributed by atoms with Gasteiger partial charge in [-0.05, 0) is 58.5 Å². The summed E-state index contributed by atoms with van der Waals surface area (Å²) in [5.41, 5.74) is 2.32. The van der Waals surface area contributed by atoms with Crippen LogP contribution >= 0.6 is 0 Å². The number of H-pyrrole nitrogens is 1. The van der Waals surface area contributed by atoms with E-state index in [0.717, 1.165) is 41.9 Å². The average Bonchev–Trinajstić information content (AvgIpc) is 3.46. The highest BCUT2D eigenvalue weighted by atomic mass is 16.7. The molecule has 8 heteroatoms. The molecule has 0 spiro atoms. The van der Waals surface area contributed by atoms with Gasteiger partial charge in [0, 0.05) is 20.1 Å². The molecule has 7 nitrogen and oxygen atoms in total. The second-order valence-corrected chi connectivity index (χ2v) is 10.1. The van der Waals surface area contributed by atoms with Crippen LogP contribution in [0.2, 0.25) is 0 Å². The maximum Gasteiger partial charge on any atom is 0.494 e. The summed E-state index contributed by atoms with van der Waals surface area (Å²) in [7, 11) is 1.31. The van der Waals surface area contributed by atoms with Crippen molar-refractivity contribution in [1.82, 2.24) is 14.9 Å². The number of aromatic nitrogens is 2. The third kappa shape index (κ3) is 4.52. The van der Waals surface area contributed by atoms with Gasteiger partial charge in [0.2, 0.25) is 0 Å². The molecule has 1 aromatic heterocycles. The number of nitrogens with one attached hydrogen (secondary N) is 1. The van der Waals surface area contributed by atoms with Crippen molar-refractivity contribution in [2.24, 2.45) is 0 Å². The van der Waals surface area contributed by atoms with Crippen molar-refractivity contribution in [2.75, 3.05) is 13.7 Å². The predicted octanol–water partition coefficient (Wildman–Crippen LogP) is 3.26. The van der Waals surface area contributed by atoms with Crippen LogP contribution in [0.4, 0.5) is 0 Å². The van der Waals surface area contributed by atoms with Crippen LogP contribution in [-0.4, -0.2) is 64.3 Å². The average molecular weight is 441 g/mol. The molecule has 0 saturated carbocycles. The number of benzene rings is 1. The molecule has 0 bridgehead atoms. The number of hydrogen-bond donors (Lipinski definition) is 2. The molecule has 0 radical (unpaired) electrons. The lowest BCUT2D eigenvalue weighted by Crippen LogP contribution is -2.41. The lowest BCUT2D eigenvalue weighted by Gasteiger charge is -2.32. The first-order valence-corrected chi connectivity index (χ1v) is 11.6. The number of likely N-dealkylation sites (tertiary alicyclic amines) is 1. The molecular formula is C24H36BN3O4. The monoisotopic (exact) mass is 441 g/mol. The van der Waals surface area contributed by atoms with Crippen molar-refractivity contribution in [3.8, 4) is 11.3 Å². The van der Waals surface area contributed by atoms with E-state index >= 15 is 0 Å². The van der Waals surface area contributed by atoms with Gasteiger partial charge in [-0.3, -0.25) is 4.90 Å². The molecule has 4 rings (SSSR count). The smallest absolute Gasteiger partial charge is 0.399 e. The van der Waals surface area contributed by atoms with E-state index in [0.29, 0.717) is 6.42 Å².